The molecule has 1 aromatic carbocycles. The van der Waals surface area contributed by atoms with Gasteiger partial charge < -0.3 is 5.11 Å². The first-order chi connectivity index (χ1) is 9.90. The first-order valence-electron chi connectivity index (χ1n) is 6.22. The van der Waals surface area contributed by atoms with Gasteiger partial charge in [-0.25, -0.2) is 5.43 Å². The molecular formula is C14H15ClN4O2. The lowest BCUT2D eigenvalue weighted by molar-refractivity contribution is 0.0952. The van der Waals surface area contributed by atoms with Gasteiger partial charge in [-0.05, 0) is 32.0 Å². The summed E-state index contributed by atoms with van der Waals surface area (Å²) >= 11 is 5.79. The van der Waals surface area contributed by atoms with Crippen LogP contribution in [0.5, 0.6) is 5.75 Å². The zero-order valence-electron chi connectivity index (χ0n) is 11.9. The molecule has 1 heterocycles. The van der Waals surface area contributed by atoms with Crippen molar-refractivity contribution in [3.63, 3.8) is 0 Å². The highest BCUT2D eigenvalue weighted by molar-refractivity contribution is 6.31. The average molecular weight is 307 g/mol. The molecule has 0 radical (unpaired) electrons. The van der Waals surface area contributed by atoms with Crippen LogP contribution in [0.1, 0.15) is 27.3 Å². The average Bonchev–Trinajstić information content (AvgIpc) is 2.67. The maximum Gasteiger partial charge on any atom is 0.275 e. The Bertz CT molecular complexity index is 722. The van der Waals surface area contributed by atoms with Gasteiger partial charge in [0, 0.05) is 23.3 Å². The number of phenolic OH excluding ortho intramolecular Hbond substituents is 1. The van der Waals surface area contributed by atoms with Crippen LogP contribution < -0.4 is 5.43 Å². The topological polar surface area (TPSA) is 79.5 Å². The van der Waals surface area contributed by atoms with Crippen molar-refractivity contribution in [2.75, 3.05) is 0 Å². The highest BCUT2D eigenvalue weighted by Gasteiger charge is 2.11. The second kappa shape index (κ2) is 5.97. The molecule has 21 heavy (non-hydrogen) atoms. The minimum Gasteiger partial charge on any atom is -0.507 e. The molecule has 0 saturated carbocycles. The van der Waals surface area contributed by atoms with Gasteiger partial charge in [-0.1, -0.05) is 11.6 Å². The minimum atomic E-state index is -0.537. The second-order valence-corrected chi connectivity index (χ2v) is 5.01. The van der Waals surface area contributed by atoms with Crippen molar-refractivity contribution in [2.24, 2.45) is 12.1 Å². The Morgan fingerprint density at radius 3 is 2.81 bits per heavy atom. The van der Waals surface area contributed by atoms with Gasteiger partial charge in [0.05, 0.1) is 17.5 Å². The summed E-state index contributed by atoms with van der Waals surface area (Å²) in [7, 11) is 1.84. The zero-order chi connectivity index (χ0) is 15.6. The predicted molar refractivity (Wildman–Crippen MR) is 80.9 cm³/mol. The summed E-state index contributed by atoms with van der Waals surface area (Å²) in [5.74, 6) is -0.689. The number of hydrazone groups is 1. The van der Waals surface area contributed by atoms with E-state index in [0.717, 1.165) is 17.0 Å². The van der Waals surface area contributed by atoms with Crippen molar-refractivity contribution < 1.29 is 9.90 Å². The van der Waals surface area contributed by atoms with E-state index < -0.39 is 5.91 Å². The van der Waals surface area contributed by atoms with Gasteiger partial charge in [0.25, 0.3) is 5.91 Å². The second-order valence-electron chi connectivity index (χ2n) is 4.57. The van der Waals surface area contributed by atoms with Crippen LogP contribution in [0.2, 0.25) is 5.02 Å². The van der Waals surface area contributed by atoms with Crippen LogP contribution in [-0.4, -0.2) is 27.0 Å². The molecule has 0 aliphatic carbocycles. The molecule has 6 nitrogen and oxygen atoms in total. The molecule has 0 spiro atoms. The molecule has 2 N–H and O–H groups in total. The molecule has 1 aromatic heterocycles. The summed E-state index contributed by atoms with van der Waals surface area (Å²) in [6.07, 6.45) is 1.52. The van der Waals surface area contributed by atoms with E-state index >= 15 is 0 Å². The fourth-order valence-corrected chi connectivity index (χ4v) is 2.05. The third-order valence-electron chi connectivity index (χ3n) is 3.13. The monoisotopic (exact) mass is 306 g/mol. The number of hydrogen-bond donors (Lipinski definition) is 2. The SMILES string of the molecule is Cc1nn(C)c(C)c1/C=N\NC(=O)c1cc(Cl)ccc1O. The molecule has 0 bridgehead atoms. The number of nitrogens with one attached hydrogen (secondary N) is 1. The number of nitrogens with zero attached hydrogens (tertiary/aromatic N) is 3. The molecule has 1 amide bonds. The van der Waals surface area contributed by atoms with E-state index in [1.807, 2.05) is 20.9 Å². The number of phenols is 1. The standard InChI is InChI=1S/C14H15ClN4O2/c1-8-12(9(2)19(3)18-8)7-16-17-14(21)11-6-10(15)4-5-13(11)20/h4-7,20H,1-3H3,(H,17,21)/b16-7-. The van der Waals surface area contributed by atoms with E-state index in [0.29, 0.717) is 5.02 Å². The Kier molecular flexibility index (Phi) is 4.28. The van der Waals surface area contributed by atoms with Crippen molar-refractivity contribution in [1.29, 1.82) is 0 Å². The van der Waals surface area contributed by atoms with Gasteiger partial charge in [0.2, 0.25) is 0 Å². The normalized spacial score (nSPS) is 11.0. The fourth-order valence-electron chi connectivity index (χ4n) is 1.88. The van der Waals surface area contributed by atoms with Crippen LogP contribution in [0.3, 0.4) is 0 Å². The van der Waals surface area contributed by atoms with E-state index in [9.17, 15) is 9.90 Å². The van der Waals surface area contributed by atoms with Gasteiger partial charge >= 0.3 is 0 Å². The largest absolute Gasteiger partial charge is 0.507 e. The summed E-state index contributed by atoms with van der Waals surface area (Å²) in [5.41, 5.74) is 5.02. The Balaban J connectivity index is 2.14. The maximum absolute atomic E-state index is 11.9. The molecule has 0 saturated heterocycles. The van der Waals surface area contributed by atoms with Crippen molar-refractivity contribution in [3.8, 4) is 5.75 Å². The molecule has 0 fully saturated rings. The van der Waals surface area contributed by atoms with Gasteiger partial charge in [0.1, 0.15) is 5.75 Å². The molecule has 0 unspecified atom stereocenters. The number of carbonyl (C=O) groups is 1. The lowest BCUT2D eigenvalue weighted by atomic mass is 10.2. The number of aromatic nitrogens is 2. The fraction of sp³-hybridized carbons (Fsp3) is 0.214. The summed E-state index contributed by atoms with van der Waals surface area (Å²) in [4.78, 5) is 11.9. The van der Waals surface area contributed by atoms with Crippen molar-refractivity contribution >= 4 is 23.7 Å². The quantitative estimate of drug-likeness (QED) is 0.673. The van der Waals surface area contributed by atoms with Crippen LogP contribution in [0.25, 0.3) is 0 Å². The Morgan fingerprint density at radius 2 is 2.19 bits per heavy atom. The summed E-state index contributed by atoms with van der Waals surface area (Å²) in [6, 6.07) is 4.23. The molecule has 0 atom stereocenters. The number of rotatable bonds is 3. The Hall–Kier alpha value is -2.34. The van der Waals surface area contributed by atoms with E-state index in [2.05, 4.69) is 15.6 Å². The van der Waals surface area contributed by atoms with Crippen LogP contribution in [0, 0.1) is 13.8 Å². The predicted octanol–water partition coefficient (Wildman–Crippen LogP) is 2.16. The van der Waals surface area contributed by atoms with Crippen LogP contribution in [0.4, 0.5) is 0 Å². The highest BCUT2D eigenvalue weighted by atomic mass is 35.5. The zero-order valence-corrected chi connectivity index (χ0v) is 12.6. The Labute approximate surface area is 127 Å². The lowest BCUT2D eigenvalue weighted by Crippen LogP contribution is -2.17. The first kappa shape index (κ1) is 15.1. The number of hydrogen-bond acceptors (Lipinski definition) is 4. The van der Waals surface area contributed by atoms with E-state index in [4.69, 9.17) is 11.6 Å². The van der Waals surface area contributed by atoms with Gasteiger partial charge in [-0.2, -0.15) is 10.2 Å². The number of benzene rings is 1. The smallest absolute Gasteiger partial charge is 0.275 e. The van der Waals surface area contributed by atoms with Crippen LogP contribution in [-0.2, 0) is 7.05 Å². The molecule has 0 aliphatic heterocycles. The molecule has 2 aromatic rings. The van der Waals surface area contributed by atoms with Gasteiger partial charge in [-0.3, -0.25) is 9.48 Å². The number of aryl methyl sites for hydroxylation is 2. The lowest BCUT2D eigenvalue weighted by Gasteiger charge is -2.03. The minimum absolute atomic E-state index is 0.0688. The van der Waals surface area contributed by atoms with Gasteiger partial charge in [0.15, 0.2) is 0 Å². The van der Waals surface area contributed by atoms with Crippen LogP contribution in [0.15, 0.2) is 23.3 Å². The van der Waals surface area contributed by atoms with Crippen molar-refractivity contribution in [2.45, 2.75) is 13.8 Å². The van der Waals surface area contributed by atoms with E-state index in [-0.39, 0.29) is 11.3 Å². The van der Waals surface area contributed by atoms with Gasteiger partial charge in [-0.15, -0.1) is 0 Å². The highest BCUT2D eigenvalue weighted by Crippen LogP contribution is 2.21. The number of carbonyl (C=O) groups excluding carboxylic acids is 1. The first-order valence-corrected chi connectivity index (χ1v) is 6.60. The summed E-state index contributed by atoms with van der Waals surface area (Å²) in [5, 5.41) is 18.1. The Morgan fingerprint density at radius 1 is 1.48 bits per heavy atom. The third kappa shape index (κ3) is 3.22. The van der Waals surface area contributed by atoms with Crippen LogP contribution >= 0.6 is 11.6 Å². The maximum atomic E-state index is 11.9. The summed E-state index contributed by atoms with van der Waals surface area (Å²) in [6.45, 7) is 3.77. The van der Waals surface area contributed by atoms with E-state index in [1.165, 1.54) is 24.4 Å². The molecular weight excluding hydrogens is 292 g/mol. The molecule has 0 aliphatic rings. The molecule has 7 heteroatoms. The molecule has 110 valence electrons. The third-order valence-corrected chi connectivity index (χ3v) is 3.36. The van der Waals surface area contributed by atoms with E-state index in [1.54, 1.807) is 4.68 Å². The van der Waals surface area contributed by atoms with Crippen molar-refractivity contribution in [1.82, 2.24) is 15.2 Å². The number of aromatic hydroxyl groups is 1. The van der Waals surface area contributed by atoms with Crippen molar-refractivity contribution in [3.05, 3.63) is 45.7 Å². The number of amides is 1. The summed E-state index contributed by atoms with van der Waals surface area (Å²) < 4.78 is 1.74. The number of halogens is 1. The molecule has 2 rings (SSSR count).